The minimum absolute atomic E-state index is 0.0701. The summed E-state index contributed by atoms with van der Waals surface area (Å²) in [6.07, 6.45) is 21.4. The SMILES string of the molecule is CC1CCC(N(CC2CCC(CN(C(=O)Nc3ccc(N4CCCCC4)cc3)C3CCC(C)CC3)CC2)C(=O)Nc2ccc(N3CCCCC3)cc2)CC1. The van der Waals surface area contributed by atoms with E-state index in [0.29, 0.717) is 23.9 Å². The number of urea groups is 2. The van der Waals surface area contributed by atoms with Gasteiger partial charge in [-0.25, -0.2) is 9.59 Å². The molecule has 2 heterocycles. The van der Waals surface area contributed by atoms with Gasteiger partial charge in [-0.15, -0.1) is 0 Å². The molecule has 2 aromatic carbocycles. The van der Waals surface area contributed by atoms with Gasteiger partial charge in [-0.05, 0) is 188 Å². The summed E-state index contributed by atoms with van der Waals surface area (Å²) in [5.41, 5.74) is 4.32. The smallest absolute Gasteiger partial charge is 0.322 e. The molecule has 296 valence electrons. The number of anilines is 4. The molecule has 8 heteroatoms. The Bertz CT molecular complexity index is 1330. The van der Waals surface area contributed by atoms with Crippen molar-refractivity contribution in [1.82, 2.24) is 9.80 Å². The highest BCUT2D eigenvalue weighted by Gasteiger charge is 2.34. The number of amides is 4. The molecule has 2 aromatic rings. The van der Waals surface area contributed by atoms with Gasteiger partial charge in [0.25, 0.3) is 0 Å². The highest BCUT2D eigenvalue weighted by Crippen LogP contribution is 2.36. The van der Waals surface area contributed by atoms with Crippen molar-refractivity contribution in [3.05, 3.63) is 48.5 Å². The lowest BCUT2D eigenvalue weighted by Gasteiger charge is -2.41. The number of hydrogen-bond donors (Lipinski definition) is 2. The quantitative estimate of drug-likeness (QED) is 0.255. The van der Waals surface area contributed by atoms with Gasteiger partial charge in [0.1, 0.15) is 0 Å². The van der Waals surface area contributed by atoms with Gasteiger partial charge in [0, 0.05) is 74.1 Å². The van der Waals surface area contributed by atoms with E-state index in [1.807, 2.05) is 0 Å². The standard InChI is InChI=1S/C46H70N6O2/c1-35-9-21-43(22-10-35)51(45(53)47-39-17-25-41(26-18-39)49-29-5-3-6-30-49)33-37-13-15-38(16-14-37)34-52(44-23-11-36(2)12-24-44)46(54)48-40-19-27-42(28-20-40)50-31-7-4-8-32-50/h17-20,25-28,35-38,43-44H,3-16,21-24,29-34H2,1-2H3,(H,47,53)(H,48,54). The zero-order valence-corrected chi connectivity index (χ0v) is 33.7. The van der Waals surface area contributed by atoms with E-state index < -0.39 is 0 Å². The molecule has 0 aromatic heterocycles. The van der Waals surface area contributed by atoms with Gasteiger partial charge in [-0.2, -0.15) is 0 Å². The number of hydrogen-bond acceptors (Lipinski definition) is 4. The van der Waals surface area contributed by atoms with Gasteiger partial charge in [-0.1, -0.05) is 13.8 Å². The maximum absolute atomic E-state index is 14.0. The van der Waals surface area contributed by atoms with Crippen molar-refractivity contribution >= 4 is 34.8 Å². The van der Waals surface area contributed by atoms with Crippen LogP contribution >= 0.6 is 0 Å². The first kappa shape index (κ1) is 38.8. The number of piperidine rings is 2. The first-order chi connectivity index (χ1) is 26.4. The predicted molar refractivity (Wildman–Crippen MR) is 225 cm³/mol. The zero-order chi connectivity index (χ0) is 37.3. The van der Waals surface area contributed by atoms with E-state index in [9.17, 15) is 9.59 Å². The number of nitrogens with one attached hydrogen (secondary N) is 2. The van der Waals surface area contributed by atoms with Crippen LogP contribution in [0.2, 0.25) is 0 Å². The van der Waals surface area contributed by atoms with Crippen LogP contribution in [0.4, 0.5) is 32.3 Å². The summed E-state index contributed by atoms with van der Waals surface area (Å²) in [5, 5.41) is 6.62. The topological polar surface area (TPSA) is 71.2 Å². The Morgan fingerprint density at radius 1 is 0.500 bits per heavy atom. The molecule has 5 aliphatic rings. The van der Waals surface area contributed by atoms with Gasteiger partial charge in [0.2, 0.25) is 0 Å². The molecular weight excluding hydrogens is 669 g/mol. The first-order valence-corrected chi connectivity index (χ1v) is 22.2. The molecule has 4 amide bonds. The summed E-state index contributed by atoms with van der Waals surface area (Å²) < 4.78 is 0. The maximum Gasteiger partial charge on any atom is 0.322 e. The molecule has 3 saturated carbocycles. The fraction of sp³-hybridized carbons (Fsp3) is 0.696. The summed E-state index contributed by atoms with van der Waals surface area (Å²) in [6, 6.07) is 17.8. The highest BCUT2D eigenvalue weighted by molar-refractivity contribution is 5.90. The number of carbonyl (C=O) groups is 2. The van der Waals surface area contributed by atoms with Crippen molar-refractivity contribution in [3.8, 4) is 0 Å². The third kappa shape index (κ3) is 10.5. The van der Waals surface area contributed by atoms with Gasteiger partial charge in [0.15, 0.2) is 0 Å². The van der Waals surface area contributed by atoms with E-state index in [-0.39, 0.29) is 12.1 Å². The van der Waals surface area contributed by atoms with Crippen LogP contribution in [0.3, 0.4) is 0 Å². The van der Waals surface area contributed by atoms with Crippen LogP contribution in [0.15, 0.2) is 48.5 Å². The van der Waals surface area contributed by atoms with Gasteiger partial charge < -0.3 is 30.2 Å². The van der Waals surface area contributed by atoms with E-state index in [4.69, 9.17) is 0 Å². The van der Waals surface area contributed by atoms with E-state index in [2.05, 4.69) is 92.6 Å². The third-order valence-electron chi connectivity index (χ3n) is 13.9. The zero-order valence-electron chi connectivity index (χ0n) is 33.7. The predicted octanol–water partition coefficient (Wildman–Crippen LogP) is 11.0. The van der Waals surface area contributed by atoms with Crippen molar-refractivity contribution in [1.29, 1.82) is 0 Å². The Morgan fingerprint density at radius 3 is 1.17 bits per heavy atom. The van der Waals surface area contributed by atoms with Crippen LogP contribution in [-0.4, -0.2) is 73.2 Å². The van der Waals surface area contributed by atoms with Crippen molar-refractivity contribution in [2.45, 2.75) is 142 Å². The first-order valence-electron chi connectivity index (χ1n) is 22.2. The van der Waals surface area contributed by atoms with E-state index in [0.717, 1.165) is 114 Å². The highest BCUT2D eigenvalue weighted by atomic mass is 16.2. The Labute approximate surface area is 326 Å². The summed E-state index contributed by atoms with van der Waals surface area (Å²) in [6.45, 7) is 10.9. The Kier molecular flexibility index (Phi) is 13.6. The summed E-state index contributed by atoms with van der Waals surface area (Å²) in [4.78, 5) is 37.4. The molecule has 54 heavy (non-hydrogen) atoms. The average Bonchev–Trinajstić information content (AvgIpc) is 3.21. The van der Waals surface area contributed by atoms with E-state index in [1.54, 1.807) is 0 Å². The van der Waals surface area contributed by atoms with Gasteiger partial charge in [0.05, 0.1) is 0 Å². The van der Waals surface area contributed by atoms with Gasteiger partial charge >= 0.3 is 12.1 Å². The second-order valence-electron chi connectivity index (χ2n) is 18.1. The third-order valence-corrected chi connectivity index (χ3v) is 13.9. The molecule has 2 aliphatic heterocycles. The normalized spacial score (nSPS) is 27.9. The average molecular weight is 739 g/mol. The Morgan fingerprint density at radius 2 is 0.833 bits per heavy atom. The van der Waals surface area contributed by atoms with Crippen LogP contribution < -0.4 is 20.4 Å². The number of benzene rings is 2. The number of carbonyl (C=O) groups excluding carboxylic acids is 2. The van der Waals surface area contributed by atoms with Crippen molar-refractivity contribution in [3.63, 3.8) is 0 Å². The molecule has 0 radical (unpaired) electrons. The van der Waals surface area contributed by atoms with Crippen LogP contribution in [-0.2, 0) is 0 Å². The molecule has 2 N–H and O–H groups in total. The Balaban J connectivity index is 0.952. The number of nitrogens with zero attached hydrogens (tertiary/aromatic N) is 4. The molecule has 2 saturated heterocycles. The monoisotopic (exact) mass is 739 g/mol. The van der Waals surface area contributed by atoms with Crippen LogP contribution in [0.5, 0.6) is 0 Å². The second kappa shape index (κ2) is 18.9. The minimum Gasteiger partial charge on any atom is -0.372 e. The fourth-order valence-electron chi connectivity index (χ4n) is 10.3. The van der Waals surface area contributed by atoms with Crippen molar-refractivity contribution in [2.24, 2.45) is 23.7 Å². The molecule has 0 atom stereocenters. The van der Waals surface area contributed by atoms with Gasteiger partial charge in [-0.3, -0.25) is 0 Å². The van der Waals surface area contributed by atoms with Crippen molar-refractivity contribution < 1.29 is 9.59 Å². The van der Waals surface area contributed by atoms with E-state index >= 15 is 0 Å². The molecule has 0 spiro atoms. The maximum atomic E-state index is 14.0. The Hall–Kier alpha value is -3.42. The summed E-state index contributed by atoms with van der Waals surface area (Å²) in [5.74, 6) is 2.50. The molecule has 3 aliphatic carbocycles. The summed E-state index contributed by atoms with van der Waals surface area (Å²) >= 11 is 0. The van der Waals surface area contributed by atoms with Crippen molar-refractivity contribution in [2.75, 3.05) is 59.7 Å². The van der Waals surface area contributed by atoms with Crippen LogP contribution in [0, 0.1) is 23.7 Å². The minimum atomic E-state index is 0.0701. The second-order valence-corrected chi connectivity index (χ2v) is 18.1. The van der Waals surface area contributed by atoms with Crippen LogP contribution in [0.25, 0.3) is 0 Å². The van der Waals surface area contributed by atoms with Crippen LogP contribution in [0.1, 0.15) is 129 Å². The lowest BCUT2D eigenvalue weighted by molar-refractivity contribution is 0.109. The molecule has 0 bridgehead atoms. The molecule has 7 rings (SSSR count). The molecule has 0 unspecified atom stereocenters. The van der Waals surface area contributed by atoms with E-state index in [1.165, 1.54) is 75.6 Å². The molecular formula is C46H70N6O2. The number of rotatable bonds is 10. The fourth-order valence-corrected chi connectivity index (χ4v) is 10.3. The summed E-state index contributed by atoms with van der Waals surface area (Å²) in [7, 11) is 0. The lowest BCUT2D eigenvalue weighted by atomic mass is 9.80. The largest absolute Gasteiger partial charge is 0.372 e. The lowest BCUT2D eigenvalue weighted by Crippen LogP contribution is -2.48. The molecule has 8 nitrogen and oxygen atoms in total. The molecule has 5 fully saturated rings.